The van der Waals surface area contributed by atoms with E-state index in [1.807, 2.05) is 18.3 Å². The lowest BCUT2D eigenvalue weighted by atomic mass is 10.2. The molecule has 0 aliphatic carbocycles. The number of hydrogen-bond donors (Lipinski definition) is 3. The number of methoxy groups -OCH3 is 1. The quantitative estimate of drug-likeness (QED) is 0.411. The zero-order valence-corrected chi connectivity index (χ0v) is 19.3. The van der Waals surface area contributed by atoms with Crippen molar-refractivity contribution >= 4 is 29.3 Å². The van der Waals surface area contributed by atoms with E-state index < -0.39 is 30.5 Å². The van der Waals surface area contributed by atoms with Crippen LogP contribution in [0.3, 0.4) is 0 Å². The van der Waals surface area contributed by atoms with Crippen molar-refractivity contribution < 1.29 is 27.1 Å². The Morgan fingerprint density at radius 3 is 2.78 bits per heavy atom. The van der Waals surface area contributed by atoms with Crippen molar-refractivity contribution in [2.24, 2.45) is 0 Å². The van der Waals surface area contributed by atoms with E-state index in [9.17, 15) is 22.4 Å². The molecule has 4 N–H and O–H groups in total. The second-order valence-electron chi connectivity index (χ2n) is 8.04. The SMILES string of the molecule is COc1ccc(Nc2nc(N)n(-c3ncc(F)c(N4CCC[C@@H]4C(=O)NCC(F)(F)F)n3)n2)c(C)c1. The van der Waals surface area contributed by atoms with Crippen molar-refractivity contribution in [1.82, 2.24) is 30.0 Å². The normalized spacial score (nSPS) is 15.7. The van der Waals surface area contributed by atoms with E-state index in [-0.39, 0.29) is 36.6 Å². The maximum atomic E-state index is 14.7. The number of nitrogens with zero attached hydrogens (tertiary/aromatic N) is 6. The molecule has 0 unspecified atom stereocenters. The molecule has 192 valence electrons. The highest BCUT2D eigenvalue weighted by Gasteiger charge is 2.36. The summed E-state index contributed by atoms with van der Waals surface area (Å²) in [6.07, 6.45) is -2.98. The molecule has 0 spiro atoms. The average molecular weight is 509 g/mol. The second-order valence-corrected chi connectivity index (χ2v) is 8.04. The lowest BCUT2D eigenvalue weighted by Gasteiger charge is -2.25. The summed E-state index contributed by atoms with van der Waals surface area (Å²) in [6.45, 7) is 0.596. The predicted octanol–water partition coefficient (Wildman–Crippen LogP) is 2.49. The average Bonchev–Trinajstić information content (AvgIpc) is 3.45. The van der Waals surface area contributed by atoms with Gasteiger partial charge in [0.15, 0.2) is 11.6 Å². The Labute approximate surface area is 202 Å². The number of hydrogen-bond acceptors (Lipinski definition) is 9. The first-order valence-corrected chi connectivity index (χ1v) is 10.8. The van der Waals surface area contributed by atoms with Crippen LogP contribution in [0.5, 0.6) is 5.75 Å². The van der Waals surface area contributed by atoms with E-state index in [2.05, 4.69) is 25.4 Å². The molecule has 1 aliphatic rings. The van der Waals surface area contributed by atoms with Crippen LogP contribution in [0.25, 0.3) is 5.95 Å². The number of alkyl halides is 3. The van der Waals surface area contributed by atoms with Gasteiger partial charge in [-0.2, -0.15) is 27.8 Å². The standard InChI is InChI=1S/C21H23F4N9O2/c1-11-8-12(36-2)5-6-14(11)29-19-31-18(26)34(32-19)20-27-9-13(22)16(30-20)33-7-3-4-15(33)17(35)28-10-21(23,24)25/h5-6,8-9,15H,3-4,7,10H2,1-2H3,(H,28,35)(H3,26,29,31,32)/t15-/m1/s1. The van der Waals surface area contributed by atoms with Crippen LogP contribution in [0, 0.1) is 12.7 Å². The molecule has 1 aromatic carbocycles. The highest BCUT2D eigenvalue weighted by molar-refractivity contribution is 5.85. The molecule has 0 bridgehead atoms. The molecule has 0 radical (unpaired) electrons. The third-order valence-electron chi connectivity index (χ3n) is 5.51. The number of anilines is 4. The van der Waals surface area contributed by atoms with Gasteiger partial charge in [-0.05, 0) is 43.5 Å². The van der Waals surface area contributed by atoms with Gasteiger partial charge in [0.2, 0.25) is 17.8 Å². The summed E-state index contributed by atoms with van der Waals surface area (Å²) in [4.78, 5) is 25.9. The molecule has 36 heavy (non-hydrogen) atoms. The molecule has 11 nitrogen and oxygen atoms in total. The van der Waals surface area contributed by atoms with Crippen molar-refractivity contribution in [2.75, 3.05) is 36.1 Å². The summed E-state index contributed by atoms with van der Waals surface area (Å²) in [5.41, 5.74) is 7.53. The van der Waals surface area contributed by atoms with Crippen molar-refractivity contribution in [3.8, 4) is 11.7 Å². The van der Waals surface area contributed by atoms with Crippen LogP contribution in [0.15, 0.2) is 24.4 Å². The van der Waals surface area contributed by atoms with E-state index in [1.165, 1.54) is 4.90 Å². The molecule has 3 heterocycles. The summed E-state index contributed by atoms with van der Waals surface area (Å²) >= 11 is 0. The van der Waals surface area contributed by atoms with E-state index in [0.717, 1.165) is 16.4 Å². The lowest BCUT2D eigenvalue weighted by molar-refractivity contribution is -0.139. The number of aromatic nitrogens is 5. The second kappa shape index (κ2) is 9.83. The minimum absolute atomic E-state index is 0.0953. The Bertz CT molecular complexity index is 1260. The number of carbonyl (C=O) groups excluding carboxylic acids is 1. The number of nitrogens with two attached hydrogens (primary N) is 1. The molecule has 15 heteroatoms. The van der Waals surface area contributed by atoms with Gasteiger partial charge in [0.25, 0.3) is 5.95 Å². The minimum Gasteiger partial charge on any atom is -0.497 e. The molecular formula is C21H23F4N9O2. The first-order chi connectivity index (χ1) is 17.1. The van der Waals surface area contributed by atoms with E-state index in [0.29, 0.717) is 17.9 Å². The summed E-state index contributed by atoms with van der Waals surface area (Å²) in [5.74, 6) is -1.39. The summed E-state index contributed by atoms with van der Waals surface area (Å²) < 4.78 is 58.5. The van der Waals surface area contributed by atoms with Crippen LogP contribution in [0.2, 0.25) is 0 Å². The van der Waals surface area contributed by atoms with Crippen LogP contribution in [-0.2, 0) is 4.79 Å². The number of amides is 1. The number of nitrogens with one attached hydrogen (secondary N) is 2. The topological polar surface area (TPSA) is 136 Å². The Morgan fingerprint density at radius 1 is 1.31 bits per heavy atom. The molecule has 1 fully saturated rings. The van der Waals surface area contributed by atoms with Crippen molar-refractivity contribution in [3.63, 3.8) is 0 Å². The summed E-state index contributed by atoms with van der Waals surface area (Å²) in [6, 6.07) is 4.32. The molecular weight excluding hydrogens is 486 g/mol. The molecule has 2 aromatic heterocycles. The van der Waals surface area contributed by atoms with Crippen LogP contribution >= 0.6 is 0 Å². The molecule has 1 amide bonds. The maximum absolute atomic E-state index is 14.7. The molecule has 3 aromatic rings. The first-order valence-electron chi connectivity index (χ1n) is 10.8. The Kier molecular flexibility index (Phi) is 6.81. The van der Waals surface area contributed by atoms with Gasteiger partial charge in [0.05, 0.1) is 13.3 Å². The van der Waals surface area contributed by atoms with Crippen LogP contribution in [-0.4, -0.2) is 63.1 Å². The fraction of sp³-hybridized carbons (Fsp3) is 0.381. The fourth-order valence-electron chi connectivity index (χ4n) is 3.80. The predicted molar refractivity (Wildman–Crippen MR) is 122 cm³/mol. The Hall–Kier alpha value is -4.17. The van der Waals surface area contributed by atoms with Crippen LogP contribution in [0.1, 0.15) is 18.4 Å². The number of ether oxygens (including phenoxy) is 1. The minimum atomic E-state index is -4.56. The monoisotopic (exact) mass is 509 g/mol. The third kappa shape index (κ3) is 5.39. The largest absolute Gasteiger partial charge is 0.497 e. The lowest BCUT2D eigenvalue weighted by Crippen LogP contribution is -2.46. The van der Waals surface area contributed by atoms with Gasteiger partial charge in [-0.15, -0.1) is 5.10 Å². The van der Waals surface area contributed by atoms with E-state index >= 15 is 0 Å². The number of benzene rings is 1. The molecule has 1 aliphatic heterocycles. The molecule has 0 saturated carbocycles. The van der Waals surface area contributed by atoms with Crippen molar-refractivity contribution in [3.05, 3.63) is 35.8 Å². The molecule has 1 saturated heterocycles. The third-order valence-corrected chi connectivity index (χ3v) is 5.51. The van der Waals surface area contributed by atoms with Gasteiger partial charge >= 0.3 is 6.18 Å². The Balaban J connectivity index is 1.57. The van der Waals surface area contributed by atoms with Gasteiger partial charge < -0.3 is 26.0 Å². The molecule has 1 atom stereocenters. The fourth-order valence-corrected chi connectivity index (χ4v) is 3.80. The maximum Gasteiger partial charge on any atom is 0.405 e. The van der Waals surface area contributed by atoms with Crippen LogP contribution in [0.4, 0.5) is 41.0 Å². The van der Waals surface area contributed by atoms with Gasteiger partial charge in [-0.25, -0.2) is 9.37 Å². The van der Waals surface area contributed by atoms with E-state index in [1.54, 1.807) is 19.2 Å². The van der Waals surface area contributed by atoms with E-state index in [4.69, 9.17) is 10.5 Å². The highest BCUT2D eigenvalue weighted by Crippen LogP contribution is 2.28. The number of nitrogen functional groups attached to an aromatic ring is 1. The van der Waals surface area contributed by atoms with Gasteiger partial charge in [0, 0.05) is 12.2 Å². The van der Waals surface area contributed by atoms with Crippen LogP contribution < -0.4 is 26.0 Å². The summed E-state index contributed by atoms with van der Waals surface area (Å²) in [7, 11) is 1.56. The zero-order chi connectivity index (χ0) is 26.0. The first kappa shape index (κ1) is 24.9. The number of rotatable bonds is 7. The number of halogens is 4. The van der Waals surface area contributed by atoms with Gasteiger partial charge in [-0.3, -0.25) is 4.79 Å². The number of carbonyl (C=O) groups is 1. The molecule has 4 rings (SSSR count). The smallest absolute Gasteiger partial charge is 0.405 e. The highest BCUT2D eigenvalue weighted by atomic mass is 19.4. The Morgan fingerprint density at radius 2 is 2.08 bits per heavy atom. The van der Waals surface area contributed by atoms with Gasteiger partial charge in [0.1, 0.15) is 18.3 Å². The number of aryl methyl sites for hydroxylation is 1. The van der Waals surface area contributed by atoms with Crippen molar-refractivity contribution in [2.45, 2.75) is 32.0 Å². The van der Waals surface area contributed by atoms with Crippen molar-refractivity contribution in [1.29, 1.82) is 0 Å². The van der Waals surface area contributed by atoms with Gasteiger partial charge in [-0.1, -0.05) is 0 Å². The zero-order valence-electron chi connectivity index (χ0n) is 19.3. The summed E-state index contributed by atoms with van der Waals surface area (Å²) in [5, 5.41) is 9.10.